The quantitative estimate of drug-likeness (QED) is 0.526. The molecule has 0 unspecified atom stereocenters. The smallest absolute Gasteiger partial charge is 0.0273 e. The van der Waals surface area contributed by atoms with Gasteiger partial charge in [0.1, 0.15) is 0 Å². The molecule has 0 aliphatic heterocycles. The lowest BCUT2D eigenvalue weighted by molar-refractivity contribution is 1.32. The van der Waals surface area contributed by atoms with Gasteiger partial charge in [0.2, 0.25) is 0 Å². The van der Waals surface area contributed by atoms with Gasteiger partial charge in [-0.15, -0.1) is 6.42 Å². The lowest BCUT2D eigenvalue weighted by atomic mass is 10.2. The van der Waals surface area contributed by atoms with Gasteiger partial charge in [-0.05, 0) is 29.8 Å². The fraction of sp³-hybridized carbons (Fsp3) is 0. The highest BCUT2D eigenvalue weighted by molar-refractivity contribution is 5.51. The van der Waals surface area contributed by atoms with Crippen molar-refractivity contribution in [2.24, 2.45) is 0 Å². The molecule has 1 aromatic heterocycles. The summed E-state index contributed by atoms with van der Waals surface area (Å²) in [5.74, 6) is 2.42. The van der Waals surface area contributed by atoms with Crippen molar-refractivity contribution in [1.82, 2.24) is 4.98 Å². The number of hydrogen-bond acceptors (Lipinski definition) is 1. The second-order valence-electron chi connectivity index (χ2n) is 1.78. The maximum atomic E-state index is 5.02. The molecule has 0 bridgehead atoms. The molecule has 0 aliphatic carbocycles. The van der Waals surface area contributed by atoms with E-state index in [4.69, 9.17) is 6.42 Å². The average molecular weight is 129 g/mol. The Hall–Kier alpha value is -1.55. The molecule has 0 saturated carbocycles. The molecule has 0 atom stereocenters. The molecule has 0 radical (unpaired) electrons. The van der Waals surface area contributed by atoms with Crippen LogP contribution >= 0.6 is 0 Å². The number of hydrogen-bond donors (Lipinski definition) is 0. The maximum absolute atomic E-state index is 5.02. The third-order valence-electron chi connectivity index (χ3n) is 1.08. The first-order valence-electron chi connectivity index (χ1n) is 2.96. The summed E-state index contributed by atoms with van der Waals surface area (Å²) < 4.78 is 0. The zero-order valence-electron chi connectivity index (χ0n) is 5.49. The second-order valence-corrected chi connectivity index (χ2v) is 1.78. The fourth-order valence-corrected chi connectivity index (χ4v) is 0.619. The molecule has 1 heterocycles. The number of rotatable bonds is 1. The summed E-state index contributed by atoms with van der Waals surface area (Å²) in [6.07, 6.45) is 12.0. The van der Waals surface area contributed by atoms with Crippen molar-refractivity contribution in [2.75, 3.05) is 0 Å². The van der Waals surface area contributed by atoms with Crippen LogP contribution in [0.15, 0.2) is 30.6 Å². The molecule has 0 aliphatic rings. The van der Waals surface area contributed by atoms with Gasteiger partial charge in [-0.2, -0.15) is 0 Å². The van der Waals surface area contributed by atoms with Crippen LogP contribution in [0.5, 0.6) is 0 Å². The molecule has 0 aromatic carbocycles. The third kappa shape index (κ3) is 1.75. The van der Waals surface area contributed by atoms with E-state index < -0.39 is 0 Å². The highest BCUT2D eigenvalue weighted by atomic mass is 14.6. The Balaban J connectivity index is 2.79. The van der Waals surface area contributed by atoms with E-state index in [1.54, 1.807) is 18.5 Å². The van der Waals surface area contributed by atoms with Gasteiger partial charge in [-0.25, -0.2) is 0 Å². The zero-order valence-corrected chi connectivity index (χ0v) is 5.49. The Morgan fingerprint density at radius 3 is 2.70 bits per heavy atom. The molecule has 0 spiro atoms. The molecule has 48 valence electrons. The molecule has 0 fully saturated rings. The van der Waals surface area contributed by atoms with Crippen LogP contribution in [0, 0.1) is 12.3 Å². The molecule has 1 heteroatoms. The first kappa shape index (κ1) is 6.57. The van der Waals surface area contributed by atoms with Crippen LogP contribution < -0.4 is 0 Å². The molecule has 0 N–H and O–H groups in total. The summed E-state index contributed by atoms with van der Waals surface area (Å²) in [6.45, 7) is 0. The maximum Gasteiger partial charge on any atom is 0.0273 e. The van der Waals surface area contributed by atoms with Crippen LogP contribution in [0.4, 0.5) is 0 Å². The molecule has 1 rings (SSSR count). The van der Waals surface area contributed by atoms with Gasteiger partial charge in [0, 0.05) is 12.4 Å². The van der Waals surface area contributed by atoms with Crippen molar-refractivity contribution in [3.8, 4) is 12.3 Å². The number of aromatic nitrogens is 1. The Morgan fingerprint density at radius 1 is 1.40 bits per heavy atom. The normalized spacial score (nSPS) is 9.50. The van der Waals surface area contributed by atoms with Crippen LogP contribution in [-0.4, -0.2) is 4.98 Å². The number of pyridine rings is 1. The zero-order chi connectivity index (χ0) is 7.23. The predicted octanol–water partition coefficient (Wildman–Crippen LogP) is 1.73. The lowest BCUT2D eigenvalue weighted by Gasteiger charge is -1.86. The van der Waals surface area contributed by atoms with Crippen molar-refractivity contribution in [3.63, 3.8) is 0 Å². The minimum Gasteiger partial charge on any atom is -0.265 e. The van der Waals surface area contributed by atoms with Crippen LogP contribution in [-0.2, 0) is 0 Å². The Kier molecular flexibility index (Phi) is 2.28. The second kappa shape index (κ2) is 3.47. The minimum atomic E-state index is 1.08. The van der Waals surface area contributed by atoms with E-state index in [-0.39, 0.29) is 0 Å². The molecular formula is C9H7N. The van der Waals surface area contributed by atoms with Crippen molar-refractivity contribution < 1.29 is 0 Å². The van der Waals surface area contributed by atoms with Gasteiger partial charge in [0.25, 0.3) is 0 Å². The summed E-state index contributed by atoms with van der Waals surface area (Å²) in [7, 11) is 0. The standard InChI is InChI=1S/C9H7N/c1-2-3-4-9-5-7-10-8-6-9/h1,3-8H/b4-3+. The van der Waals surface area contributed by atoms with Gasteiger partial charge in [-0.1, -0.05) is 5.92 Å². The summed E-state index contributed by atoms with van der Waals surface area (Å²) in [5, 5.41) is 0. The molecule has 1 nitrogen and oxygen atoms in total. The van der Waals surface area contributed by atoms with Crippen LogP contribution in [0.25, 0.3) is 6.08 Å². The molecular weight excluding hydrogens is 122 g/mol. The van der Waals surface area contributed by atoms with E-state index in [9.17, 15) is 0 Å². The van der Waals surface area contributed by atoms with Crippen molar-refractivity contribution >= 4 is 6.08 Å². The summed E-state index contributed by atoms with van der Waals surface area (Å²) in [6, 6.07) is 3.79. The highest BCUT2D eigenvalue weighted by Gasteiger charge is 1.79. The van der Waals surface area contributed by atoms with Crippen LogP contribution in [0.1, 0.15) is 5.56 Å². The molecule has 0 amide bonds. The SMILES string of the molecule is C#C/C=C/c1ccncc1. The van der Waals surface area contributed by atoms with E-state index in [0.717, 1.165) is 5.56 Å². The topological polar surface area (TPSA) is 12.9 Å². The first-order valence-corrected chi connectivity index (χ1v) is 2.96. The molecule has 0 saturated heterocycles. The van der Waals surface area contributed by atoms with E-state index >= 15 is 0 Å². The third-order valence-corrected chi connectivity index (χ3v) is 1.08. The Bertz CT molecular complexity index is 254. The van der Waals surface area contributed by atoms with E-state index in [0.29, 0.717) is 0 Å². The van der Waals surface area contributed by atoms with Gasteiger partial charge in [-0.3, -0.25) is 4.98 Å². The molecule has 10 heavy (non-hydrogen) atoms. The Morgan fingerprint density at radius 2 is 2.10 bits per heavy atom. The monoisotopic (exact) mass is 129 g/mol. The average Bonchev–Trinajstić information content (AvgIpc) is 2.03. The summed E-state index contributed by atoms with van der Waals surface area (Å²) in [5.41, 5.74) is 1.08. The number of nitrogens with zero attached hydrogens (tertiary/aromatic N) is 1. The van der Waals surface area contributed by atoms with Crippen LogP contribution in [0.3, 0.4) is 0 Å². The molecule has 1 aromatic rings. The van der Waals surface area contributed by atoms with Crippen molar-refractivity contribution in [3.05, 3.63) is 36.2 Å². The highest BCUT2D eigenvalue weighted by Crippen LogP contribution is 1.97. The van der Waals surface area contributed by atoms with Crippen molar-refractivity contribution in [2.45, 2.75) is 0 Å². The van der Waals surface area contributed by atoms with Crippen molar-refractivity contribution in [1.29, 1.82) is 0 Å². The van der Waals surface area contributed by atoms with Gasteiger partial charge in [0.15, 0.2) is 0 Å². The van der Waals surface area contributed by atoms with Gasteiger partial charge >= 0.3 is 0 Å². The van der Waals surface area contributed by atoms with Gasteiger partial charge in [0.05, 0.1) is 0 Å². The van der Waals surface area contributed by atoms with Gasteiger partial charge < -0.3 is 0 Å². The lowest BCUT2D eigenvalue weighted by Crippen LogP contribution is -1.70. The van der Waals surface area contributed by atoms with Crippen LogP contribution in [0.2, 0.25) is 0 Å². The van der Waals surface area contributed by atoms with E-state index in [2.05, 4.69) is 10.9 Å². The number of allylic oxidation sites excluding steroid dienone is 1. The number of terminal acetylenes is 1. The summed E-state index contributed by atoms with van der Waals surface area (Å²) in [4.78, 5) is 3.87. The van der Waals surface area contributed by atoms with E-state index in [1.165, 1.54) is 0 Å². The summed E-state index contributed by atoms with van der Waals surface area (Å²) >= 11 is 0. The largest absolute Gasteiger partial charge is 0.265 e. The first-order chi connectivity index (χ1) is 4.93. The fourth-order valence-electron chi connectivity index (χ4n) is 0.619. The van der Waals surface area contributed by atoms with E-state index in [1.807, 2.05) is 18.2 Å². The predicted molar refractivity (Wildman–Crippen MR) is 42.1 cm³/mol. The Labute approximate surface area is 60.4 Å². The minimum absolute atomic E-state index is 1.08.